The number of pyridine rings is 3. The standard InChI is InChI=1S/C30H23N7S/c1-2-4-19(5-3-1)12-31-13-20-10-22(15-32-14-20)25-6-7-26-29(35-25)30(37-36-26)27-11-23-24(21-8-9-38-18-21)16-33-17-28(23)34-27/h1-11,14-18,31,34H,12-13H2,(H,36,37). The maximum atomic E-state index is 5.01. The number of nitrogens with zero attached hydrogens (tertiary/aromatic N) is 4. The Morgan fingerprint density at radius 1 is 0.789 bits per heavy atom. The van der Waals surface area contributed by atoms with Crippen LogP contribution >= 0.6 is 11.3 Å². The van der Waals surface area contributed by atoms with E-state index in [1.54, 1.807) is 11.3 Å². The van der Waals surface area contributed by atoms with E-state index in [1.807, 2.05) is 43.0 Å². The molecule has 1 aromatic carbocycles. The van der Waals surface area contributed by atoms with E-state index in [2.05, 4.69) is 83.7 Å². The fourth-order valence-electron chi connectivity index (χ4n) is 4.75. The van der Waals surface area contributed by atoms with Crippen molar-refractivity contribution < 1.29 is 0 Å². The first-order valence-corrected chi connectivity index (χ1v) is 13.3. The zero-order valence-electron chi connectivity index (χ0n) is 20.3. The summed E-state index contributed by atoms with van der Waals surface area (Å²) in [5, 5.41) is 16.6. The Morgan fingerprint density at radius 2 is 1.68 bits per heavy atom. The van der Waals surface area contributed by atoms with Gasteiger partial charge in [0.25, 0.3) is 0 Å². The average molecular weight is 514 g/mol. The number of thiophene rings is 1. The molecule has 7 nitrogen and oxygen atoms in total. The molecule has 0 spiro atoms. The molecule has 6 heterocycles. The summed E-state index contributed by atoms with van der Waals surface area (Å²) >= 11 is 1.68. The van der Waals surface area contributed by atoms with Crippen molar-refractivity contribution in [3.05, 3.63) is 107 Å². The first-order chi connectivity index (χ1) is 18.8. The van der Waals surface area contributed by atoms with Crippen LogP contribution in [0, 0.1) is 0 Å². The summed E-state index contributed by atoms with van der Waals surface area (Å²) < 4.78 is 0. The third-order valence-corrected chi connectivity index (χ3v) is 7.32. The molecule has 0 aliphatic rings. The summed E-state index contributed by atoms with van der Waals surface area (Å²) in [6.07, 6.45) is 7.52. The molecule has 38 heavy (non-hydrogen) atoms. The molecular weight excluding hydrogens is 490 g/mol. The summed E-state index contributed by atoms with van der Waals surface area (Å²) in [7, 11) is 0. The van der Waals surface area contributed by atoms with Crippen LogP contribution in [0.25, 0.3) is 55.7 Å². The van der Waals surface area contributed by atoms with E-state index in [9.17, 15) is 0 Å². The zero-order chi connectivity index (χ0) is 25.3. The van der Waals surface area contributed by atoms with Crippen LogP contribution in [-0.4, -0.2) is 30.1 Å². The van der Waals surface area contributed by atoms with E-state index in [-0.39, 0.29) is 0 Å². The summed E-state index contributed by atoms with van der Waals surface area (Å²) in [4.78, 5) is 17.4. The second-order valence-corrected chi connectivity index (χ2v) is 9.96. The number of aromatic nitrogens is 6. The number of hydrogen-bond acceptors (Lipinski definition) is 6. The van der Waals surface area contributed by atoms with Crippen LogP contribution in [0.3, 0.4) is 0 Å². The van der Waals surface area contributed by atoms with Crippen LogP contribution in [0.15, 0.2) is 96.2 Å². The number of aromatic amines is 2. The van der Waals surface area contributed by atoms with Crippen LogP contribution in [0.1, 0.15) is 11.1 Å². The Kier molecular flexibility index (Phi) is 5.73. The Bertz CT molecular complexity index is 1850. The molecule has 0 amide bonds. The Hall–Kier alpha value is -4.66. The van der Waals surface area contributed by atoms with E-state index in [1.165, 1.54) is 5.56 Å². The predicted octanol–water partition coefficient (Wildman–Crippen LogP) is 6.58. The van der Waals surface area contributed by atoms with Gasteiger partial charge < -0.3 is 10.3 Å². The van der Waals surface area contributed by atoms with Gasteiger partial charge in [0, 0.05) is 48.2 Å². The minimum absolute atomic E-state index is 0.727. The van der Waals surface area contributed by atoms with E-state index < -0.39 is 0 Å². The largest absolute Gasteiger partial charge is 0.352 e. The average Bonchev–Trinajstić information content (AvgIpc) is 3.73. The smallest absolute Gasteiger partial charge is 0.135 e. The summed E-state index contributed by atoms with van der Waals surface area (Å²) in [5.41, 5.74) is 10.8. The van der Waals surface area contributed by atoms with Gasteiger partial charge in [0.1, 0.15) is 11.2 Å². The molecule has 7 rings (SSSR count). The monoisotopic (exact) mass is 513 g/mol. The first kappa shape index (κ1) is 22.5. The Labute approximate surface area is 222 Å². The highest BCUT2D eigenvalue weighted by atomic mass is 32.1. The van der Waals surface area contributed by atoms with Gasteiger partial charge in [-0.2, -0.15) is 16.4 Å². The summed E-state index contributed by atoms with van der Waals surface area (Å²) in [6, 6.07) is 20.8. The topological polar surface area (TPSA) is 95.2 Å². The molecule has 8 heteroatoms. The Morgan fingerprint density at radius 3 is 2.58 bits per heavy atom. The highest BCUT2D eigenvalue weighted by Gasteiger charge is 2.16. The number of H-pyrrole nitrogens is 2. The molecule has 0 atom stereocenters. The second kappa shape index (κ2) is 9.66. The van der Waals surface area contributed by atoms with Crippen molar-refractivity contribution in [1.82, 2.24) is 35.5 Å². The summed E-state index contributed by atoms with van der Waals surface area (Å²) in [6.45, 7) is 1.53. The van der Waals surface area contributed by atoms with Gasteiger partial charge >= 0.3 is 0 Å². The van der Waals surface area contributed by atoms with Gasteiger partial charge in [0.05, 0.1) is 28.6 Å². The van der Waals surface area contributed by atoms with Crippen molar-refractivity contribution in [2.24, 2.45) is 0 Å². The van der Waals surface area contributed by atoms with Crippen molar-refractivity contribution in [3.63, 3.8) is 0 Å². The predicted molar refractivity (Wildman–Crippen MR) is 153 cm³/mol. The number of hydrogen-bond donors (Lipinski definition) is 3. The van der Waals surface area contributed by atoms with Crippen LogP contribution in [-0.2, 0) is 13.1 Å². The summed E-state index contributed by atoms with van der Waals surface area (Å²) in [5.74, 6) is 0. The molecule has 0 unspecified atom stereocenters. The van der Waals surface area contributed by atoms with Gasteiger partial charge in [0.2, 0.25) is 0 Å². The molecule has 7 aromatic rings. The number of benzene rings is 1. The SMILES string of the molecule is c1ccc(CNCc2cncc(-c3ccc4[nH]nc(-c5cc6c(-c7ccsc7)cncc6[nH]5)c4n3)c2)cc1. The lowest BCUT2D eigenvalue weighted by atomic mass is 10.1. The van der Waals surface area contributed by atoms with Crippen molar-refractivity contribution in [1.29, 1.82) is 0 Å². The quantitative estimate of drug-likeness (QED) is 0.224. The fraction of sp³-hybridized carbons (Fsp3) is 0.0667. The van der Waals surface area contributed by atoms with E-state index in [0.717, 1.165) is 74.4 Å². The van der Waals surface area contributed by atoms with E-state index >= 15 is 0 Å². The van der Waals surface area contributed by atoms with Gasteiger partial charge in [-0.05, 0) is 57.8 Å². The van der Waals surface area contributed by atoms with Crippen LogP contribution in [0.5, 0.6) is 0 Å². The number of rotatable bonds is 7. The molecule has 0 bridgehead atoms. The molecule has 0 radical (unpaired) electrons. The maximum Gasteiger partial charge on any atom is 0.135 e. The van der Waals surface area contributed by atoms with Gasteiger partial charge in [0.15, 0.2) is 0 Å². The number of fused-ring (bicyclic) bond motifs is 2. The lowest BCUT2D eigenvalue weighted by Gasteiger charge is -2.07. The lowest BCUT2D eigenvalue weighted by molar-refractivity contribution is 0.691. The highest BCUT2D eigenvalue weighted by molar-refractivity contribution is 7.08. The third kappa shape index (κ3) is 4.26. The van der Waals surface area contributed by atoms with Crippen LogP contribution < -0.4 is 5.32 Å². The maximum absolute atomic E-state index is 5.01. The lowest BCUT2D eigenvalue weighted by Crippen LogP contribution is -2.12. The normalized spacial score (nSPS) is 11.5. The first-order valence-electron chi connectivity index (χ1n) is 12.4. The highest BCUT2D eigenvalue weighted by Crippen LogP contribution is 2.34. The minimum Gasteiger partial charge on any atom is -0.352 e. The molecule has 6 aromatic heterocycles. The van der Waals surface area contributed by atoms with Gasteiger partial charge in [-0.3, -0.25) is 15.1 Å². The molecular formula is C30H23N7S. The number of nitrogens with one attached hydrogen (secondary N) is 3. The van der Waals surface area contributed by atoms with E-state index in [4.69, 9.17) is 4.98 Å². The Balaban J connectivity index is 1.20. The second-order valence-electron chi connectivity index (χ2n) is 9.18. The molecule has 0 aliphatic carbocycles. The molecule has 0 fully saturated rings. The van der Waals surface area contributed by atoms with Gasteiger partial charge in [-0.25, -0.2) is 4.98 Å². The van der Waals surface area contributed by atoms with Crippen molar-refractivity contribution >= 4 is 33.3 Å². The molecule has 3 N–H and O–H groups in total. The molecule has 0 saturated carbocycles. The van der Waals surface area contributed by atoms with Gasteiger partial charge in [-0.1, -0.05) is 30.3 Å². The van der Waals surface area contributed by atoms with E-state index in [0.29, 0.717) is 0 Å². The minimum atomic E-state index is 0.727. The van der Waals surface area contributed by atoms with Crippen molar-refractivity contribution in [2.75, 3.05) is 0 Å². The molecule has 0 saturated heterocycles. The molecule has 0 aliphatic heterocycles. The van der Waals surface area contributed by atoms with Crippen molar-refractivity contribution in [2.45, 2.75) is 13.1 Å². The molecule has 184 valence electrons. The van der Waals surface area contributed by atoms with Crippen molar-refractivity contribution in [3.8, 4) is 33.8 Å². The van der Waals surface area contributed by atoms with Crippen LogP contribution in [0.2, 0.25) is 0 Å². The fourth-order valence-corrected chi connectivity index (χ4v) is 5.40. The zero-order valence-corrected chi connectivity index (χ0v) is 21.2. The van der Waals surface area contributed by atoms with Gasteiger partial charge in [-0.15, -0.1) is 0 Å². The van der Waals surface area contributed by atoms with Crippen LogP contribution in [0.4, 0.5) is 0 Å². The third-order valence-electron chi connectivity index (χ3n) is 6.63.